The molecule has 0 aromatic rings. The summed E-state index contributed by atoms with van der Waals surface area (Å²) in [5.74, 6) is -0.867. The van der Waals surface area contributed by atoms with Crippen molar-refractivity contribution in [3.8, 4) is 0 Å². The number of nitrogens with zero attached hydrogens (tertiary/aromatic N) is 1. The van der Waals surface area contributed by atoms with Crippen molar-refractivity contribution >= 4 is 19.8 Å². The van der Waals surface area contributed by atoms with Crippen LogP contribution >= 0.6 is 7.82 Å². The Balaban J connectivity index is 4.38. The number of carbonyl (C=O) groups excluding carboxylic acids is 2. The molecule has 0 bridgehead atoms. The summed E-state index contributed by atoms with van der Waals surface area (Å²) >= 11 is 0. The molecule has 0 aliphatic rings. The molecule has 0 N–H and O–H groups in total. The molecule has 0 fully saturated rings. The predicted octanol–water partition coefficient (Wildman–Crippen LogP) is 12.8. The molecule has 0 rings (SSSR count). The van der Waals surface area contributed by atoms with E-state index in [2.05, 4.69) is 62.5 Å². The Kier molecular flexibility index (Phi) is 39.0. The number of carbonyl (C=O) groups is 2. The molecule has 0 aromatic heterocycles. The number of hydrogen-bond acceptors (Lipinski definition) is 8. The predicted molar refractivity (Wildman–Crippen MR) is 240 cm³/mol. The lowest BCUT2D eigenvalue weighted by molar-refractivity contribution is -0.870. The Hall–Kier alpha value is -2.03. The number of hydrogen-bond donors (Lipinski definition) is 0. The second-order valence-electron chi connectivity index (χ2n) is 16.8. The van der Waals surface area contributed by atoms with Gasteiger partial charge in [0.25, 0.3) is 7.82 Å². The number of likely N-dealkylation sites (N-methyl/N-ethyl adjacent to an activating group) is 1. The Morgan fingerprint density at radius 1 is 0.534 bits per heavy atom. The van der Waals surface area contributed by atoms with Crippen molar-refractivity contribution in [3.05, 3.63) is 48.6 Å². The average Bonchev–Trinajstić information content (AvgIpc) is 3.17. The molecule has 0 saturated carbocycles. The second kappa shape index (κ2) is 40.4. The van der Waals surface area contributed by atoms with E-state index in [0.717, 1.165) is 57.8 Å². The second-order valence-corrected chi connectivity index (χ2v) is 18.2. The Bertz CT molecular complexity index is 1130. The molecule has 0 saturated heterocycles. The number of ether oxygens (including phenoxy) is 2. The smallest absolute Gasteiger partial charge is 0.306 e. The van der Waals surface area contributed by atoms with Gasteiger partial charge in [-0.3, -0.25) is 14.2 Å². The molecule has 2 atom stereocenters. The van der Waals surface area contributed by atoms with E-state index in [1.165, 1.54) is 96.3 Å². The summed E-state index contributed by atoms with van der Waals surface area (Å²) in [6.45, 7) is 4.17. The molecule has 0 spiro atoms. The van der Waals surface area contributed by atoms with Gasteiger partial charge in [-0.15, -0.1) is 0 Å². The molecule has 9 nitrogen and oxygen atoms in total. The summed E-state index contributed by atoms with van der Waals surface area (Å²) in [6, 6.07) is 0. The fraction of sp³-hybridized carbons (Fsp3) is 0.792. The lowest BCUT2D eigenvalue weighted by atomic mass is 10.0. The molecule has 0 aromatic carbocycles. The van der Waals surface area contributed by atoms with Gasteiger partial charge in [0.1, 0.15) is 19.8 Å². The number of unbranched alkanes of at least 4 members (excludes halogenated alkanes) is 20. The first kappa shape index (κ1) is 56.0. The number of phosphoric ester groups is 1. The van der Waals surface area contributed by atoms with Gasteiger partial charge < -0.3 is 27.9 Å². The van der Waals surface area contributed by atoms with Crippen molar-refractivity contribution in [2.45, 2.75) is 200 Å². The summed E-state index contributed by atoms with van der Waals surface area (Å²) in [6.07, 6.45) is 47.0. The highest BCUT2D eigenvalue weighted by atomic mass is 31.2. The molecule has 0 aliphatic heterocycles. The van der Waals surface area contributed by atoms with E-state index in [-0.39, 0.29) is 26.1 Å². The normalized spacial score (nSPS) is 14.0. The van der Waals surface area contributed by atoms with Crippen molar-refractivity contribution in [3.63, 3.8) is 0 Å². The third-order valence-electron chi connectivity index (χ3n) is 9.85. The van der Waals surface area contributed by atoms with Crippen molar-refractivity contribution in [2.24, 2.45) is 0 Å². The molecule has 58 heavy (non-hydrogen) atoms. The summed E-state index contributed by atoms with van der Waals surface area (Å²) in [7, 11) is 1.15. The van der Waals surface area contributed by atoms with Gasteiger partial charge in [0.15, 0.2) is 6.10 Å². The lowest BCUT2D eigenvalue weighted by Gasteiger charge is -2.28. The number of quaternary nitrogens is 1. The van der Waals surface area contributed by atoms with E-state index in [1.807, 2.05) is 21.1 Å². The lowest BCUT2D eigenvalue weighted by Crippen LogP contribution is -2.37. The Labute approximate surface area is 356 Å². The minimum Gasteiger partial charge on any atom is -0.756 e. The standard InChI is InChI=1S/C48H88NO8P/c1-6-8-10-12-14-16-18-20-22-23-24-25-27-28-30-32-34-36-38-40-47(50)54-44-46(45-56-58(52,53)55-43-42-49(3,4)5)57-48(51)41-39-37-35-33-31-29-26-21-19-17-15-13-11-9-7-2/h14,16,20,22,24-25,28,30,46H,6-13,15,17-19,21,23,26-27,29,31-45H2,1-5H3/b16-14+,22-20+,25-24+,30-28+/t46-/m1/s1. The highest BCUT2D eigenvalue weighted by molar-refractivity contribution is 7.45. The van der Waals surface area contributed by atoms with E-state index < -0.39 is 32.5 Å². The Morgan fingerprint density at radius 3 is 1.41 bits per heavy atom. The average molecular weight is 838 g/mol. The zero-order valence-corrected chi connectivity index (χ0v) is 38.9. The van der Waals surface area contributed by atoms with Crippen LogP contribution in [-0.2, 0) is 32.7 Å². The van der Waals surface area contributed by atoms with Crippen LogP contribution in [0.1, 0.15) is 194 Å². The maximum Gasteiger partial charge on any atom is 0.306 e. The van der Waals surface area contributed by atoms with E-state index in [9.17, 15) is 19.0 Å². The highest BCUT2D eigenvalue weighted by Gasteiger charge is 2.21. The van der Waals surface area contributed by atoms with Gasteiger partial charge in [-0.2, -0.15) is 0 Å². The van der Waals surface area contributed by atoms with Crippen LogP contribution in [0.3, 0.4) is 0 Å². The number of esters is 2. The van der Waals surface area contributed by atoms with Crippen LogP contribution < -0.4 is 4.89 Å². The van der Waals surface area contributed by atoms with Gasteiger partial charge in [0, 0.05) is 12.8 Å². The first-order chi connectivity index (χ1) is 28.0. The fourth-order valence-corrected chi connectivity index (χ4v) is 6.90. The molecular formula is C48H88NO8P. The van der Waals surface area contributed by atoms with Crippen LogP contribution in [0, 0.1) is 0 Å². The summed E-state index contributed by atoms with van der Waals surface area (Å²) in [5, 5.41) is 0. The van der Waals surface area contributed by atoms with E-state index in [0.29, 0.717) is 23.9 Å². The molecule has 10 heteroatoms. The highest BCUT2D eigenvalue weighted by Crippen LogP contribution is 2.38. The zero-order chi connectivity index (χ0) is 42.8. The molecule has 0 amide bonds. The van der Waals surface area contributed by atoms with Gasteiger partial charge in [0.2, 0.25) is 0 Å². The van der Waals surface area contributed by atoms with Crippen molar-refractivity contribution in [2.75, 3.05) is 47.5 Å². The number of rotatable bonds is 42. The van der Waals surface area contributed by atoms with Gasteiger partial charge in [-0.25, -0.2) is 0 Å². The topological polar surface area (TPSA) is 111 Å². The number of phosphoric acid groups is 1. The molecule has 0 aliphatic carbocycles. The monoisotopic (exact) mass is 838 g/mol. The van der Waals surface area contributed by atoms with E-state index >= 15 is 0 Å². The van der Waals surface area contributed by atoms with Crippen LogP contribution in [0.5, 0.6) is 0 Å². The maximum atomic E-state index is 12.7. The van der Waals surface area contributed by atoms with Crippen LogP contribution in [0.4, 0.5) is 0 Å². The van der Waals surface area contributed by atoms with Crippen LogP contribution in [-0.4, -0.2) is 70.0 Å². The summed E-state index contributed by atoms with van der Waals surface area (Å²) < 4.78 is 33.9. The molecule has 0 heterocycles. The van der Waals surface area contributed by atoms with Gasteiger partial charge in [-0.05, 0) is 57.8 Å². The SMILES string of the molecule is CCCCC/C=C/C/C=C/C/C=C/C/C=C/CCCCCC(=O)OC[C@H](COP(=O)([O-])OCC[N+](C)(C)C)OC(=O)CCCCCCCCCCCCCCCCC. The number of allylic oxidation sites excluding steroid dienone is 8. The minimum absolute atomic E-state index is 0.0364. The Morgan fingerprint density at radius 2 is 0.931 bits per heavy atom. The van der Waals surface area contributed by atoms with Crippen molar-refractivity contribution in [1.82, 2.24) is 0 Å². The van der Waals surface area contributed by atoms with E-state index in [1.54, 1.807) is 0 Å². The van der Waals surface area contributed by atoms with Gasteiger partial charge in [0.05, 0.1) is 27.7 Å². The third-order valence-corrected chi connectivity index (χ3v) is 10.8. The van der Waals surface area contributed by atoms with Crippen LogP contribution in [0.25, 0.3) is 0 Å². The third kappa shape index (κ3) is 43.5. The van der Waals surface area contributed by atoms with Gasteiger partial charge >= 0.3 is 11.9 Å². The first-order valence-electron chi connectivity index (χ1n) is 23.3. The summed E-state index contributed by atoms with van der Waals surface area (Å²) in [5.41, 5.74) is 0. The van der Waals surface area contributed by atoms with Crippen molar-refractivity contribution < 1.29 is 42.1 Å². The fourth-order valence-electron chi connectivity index (χ4n) is 6.17. The largest absolute Gasteiger partial charge is 0.756 e. The quantitative estimate of drug-likeness (QED) is 0.0196. The van der Waals surface area contributed by atoms with Gasteiger partial charge in [-0.1, -0.05) is 172 Å². The molecule has 1 unspecified atom stereocenters. The molecular weight excluding hydrogens is 750 g/mol. The maximum absolute atomic E-state index is 12.7. The van der Waals surface area contributed by atoms with Crippen molar-refractivity contribution in [1.29, 1.82) is 0 Å². The molecule has 0 radical (unpaired) electrons. The zero-order valence-electron chi connectivity index (χ0n) is 38.0. The first-order valence-corrected chi connectivity index (χ1v) is 24.8. The molecule has 338 valence electrons. The van der Waals surface area contributed by atoms with Crippen LogP contribution in [0.2, 0.25) is 0 Å². The van der Waals surface area contributed by atoms with Crippen LogP contribution in [0.15, 0.2) is 48.6 Å². The summed E-state index contributed by atoms with van der Waals surface area (Å²) in [4.78, 5) is 37.6. The minimum atomic E-state index is -4.63. The van der Waals surface area contributed by atoms with E-state index in [4.69, 9.17) is 18.5 Å².